The highest BCUT2D eigenvalue weighted by Crippen LogP contribution is 2.19. The fourth-order valence-corrected chi connectivity index (χ4v) is 2.64. The Morgan fingerprint density at radius 1 is 1.44 bits per heavy atom. The first kappa shape index (κ1) is 15.6. The first-order valence-electron chi connectivity index (χ1n) is 5.37. The summed E-state index contributed by atoms with van der Waals surface area (Å²) in [4.78, 5) is -0.429. The average molecular weight is 340 g/mol. The van der Waals surface area contributed by atoms with Gasteiger partial charge in [-0.25, -0.2) is 17.5 Å². The van der Waals surface area contributed by atoms with E-state index in [0.717, 1.165) is 6.07 Å². The summed E-state index contributed by atoms with van der Waals surface area (Å²) in [6.45, 7) is 3.38. The van der Waals surface area contributed by atoms with Crippen molar-refractivity contribution in [2.45, 2.75) is 24.8 Å². The maximum absolute atomic E-state index is 13.5. The summed E-state index contributed by atoms with van der Waals surface area (Å²) >= 11 is 3.05. The molecule has 0 spiro atoms. The van der Waals surface area contributed by atoms with Crippen molar-refractivity contribution in [3.63, 3.8) is 0 Å². The van der Waals surface area contributed by atoms with E-state index in [4.69, 9.17) is 0 Å². The van der Waals surface area contributed by atoms with Gasteiger partial charge in [0.2, 0.25) is 10.0 Å². The molecule has 1 aromatic rings. The van der Waals surface area contributed by atoms with Gasteiger partial charge < -0.3 is 5.11 Å². The van der Waals surface area contributed by atoms with Gasteiger partial charge in [0.25, 0.3) is 0 Å². The molecule has 1 rings (SSSR count). The molecule has 0 aliphatic rings. The summed E-state index contributed by atoms with van der Waals surface area (Å²) in [6.07, 6.45) is -0.807. The van der Waals surface area contributed by atoms with Crippen LogP contribution in [0, 0.1) is 11.7 Å². The molecule has 0 aliphatic carbocycles. The summed E-state index contributed by atoms with van der Waals surface area (Å²) in [5.74, 6) is -0.918. The molecule has 1 atom stereocenters. The van der Waals surface area contributed by atoms with E-state index in [-0.39, 0.29) is 12.5 Å². The number of benzene rings is 1. The Morgan fingerprint density at radius 2 is 2.06 bits per heavy atom. The zero-order valence-electron chi connectivity index (χ0n) is 10.0. The van der Waals surface area contributed by atoms with Gasteiger partial charge in [0.05, 0.1) is 6.10 Å². The number of hydrogen-bond acceptors (Lipinski definition) is 3. The molecule has 4 nitrogen and oxygen atoms in total. The Hall–Kier alpha value is -0.500. The molecule has 0 aliphatic heterocycles. The van der Waals surface area contributed by atoms with Gasteiger partial charge >= 0.3 is 0 Å². The van der Waals surface area contributed by atoms with Crippen LogP contribution in [-0.4, -0.2) is 26.2 Å². The Kier molecular flexibility index (Phi) is 5.27. The molecule has 0 heterocycles. The lowest BCUT2D eigenvalue weighted by atomic mass is 10.1. The van der Waals surface area contributed by atoms with Crippen LogP contribution in [0.1, 0.15) is 13.8 Å². The molecule has 0 fully saturated rings. The van der Waals surface area contributed by atoms with E-state index in [1.165, 1.54) is 12.1 Å². The molecule has 0 bridgehead atoms. The second kappa shape index (κ2) is 6.10. The van der Waals surface area contributed by atoms with Crippen LogP contribution in [0.15, 0.2) is 27.6 Å². The number of hydrogen-bond donors (Lipinski definition) is 2. The highest BCUT2D eigenvalue weighted by molar-refractivity contribution is 9.10. The van der Waals surface area contributed by atoms with Crippen molar-refractivity contribution in [2.24, 2.45) is 5.92 Å². The first-order chi connectivity index (χ1) is 8.24. The van der Waals surface area contributed by atoms with Crippen LogP contribution in [0.2, 0.25) is 0 Å². The predicted octanol–water partition coefficient (Wildman–Crippen LogP) is 1.88. The SMILES string of the molecule is CC(C)[C@@H](O)CNS(=O)(=O)c1ccc(Br)cc1F. The minimum Gasteiger partial charge on any atom is -0.391 e. The van der Waals surface area contributed by atoms with Gasteiger partial charge in [0, 0.05) is 11.0 Å². The van der Waals surface area contributed by atoms with E-state index < -0.39 is 26.8 Å². The number of halogens is 2. The molecule has 102 valence electrons. The molecular weight excluding hydrogens is 325 g/mol. The van der Waals surface area contributed by atoms with Crippen LogP contribution in [0.25, 0.3) is 0 Å². The number of sulfonamides is 1. The van der Waals surface area contributed by atoms with Crippen LogP contribution in [0.3, 0.4) is 0 Å². The van der Waals surface area contributed by atoms with Crippen molar-refractivity contribution in [1.29, 1.82) is 0 Å². The summed E-state index contributed by atoms with van der Waals surface area (Å²) in [5.41, 5.74) is 0. The van der Waals surface area contributed by atoms with Gasteiger partial charge in [-0.05, 0) is 24.1 Å². The molecule has 0 radical (unpaired) electrons. The lowest BCUT2D eigenvalue weighted by molar-refractivity contribution is 0.129. The zero-order chi connectivity index (χ0) is 13.9. The second-order valence-corrected chi connectivity index (χ2v) is 6.89. The van der Waals surface area contributed by atoms with Crippen molar-refractivity contribution in [3.05, 3.63) is 28.5 Å². The molecule has 2 N–H and O–H groups in total. The van der Waals surface area contributed by atoms with Gasteiger partial charge in [-0.2, -0.15) is 0 Å². The lowest BCUT2D eigenvalue weighted by Gasteiger charge is -2.15. The van der Waals surface area contributed by atoms with Crippen LogP contribution >= 0.6 is 15.9 Å². The highest BCUT2D eigenvalue weighted by atomic mass is 79.9. The molecule has 0 saturated carbocycles. The Labute approximate surface area is 114 Å². The Bertz CT molecular complexity index is 519. The largest absolute Gasteiger partial charge is 0.391 e. The quantitative estimate of drug-likeness (QED) is 0.860. The molecule has 0 saturated heterocycles. The number of rotatable bonds is 5. The highest BCUT2D eigenvalue weighted by Gasteiger charge is 2.20. The van der Waals surface area contributed by atoms with E-state index in [0.29, 0.717) is 4.47 Å². The normalized spacial score (nSPS) is 13.9. The molecule has 0 unspecified atom stereocenters. The Morgan fingerprint density at radius 3 is 2.56 bits per heavy atom. The third-order valence-corrected chi connectivity index (χ3v) is 4.39. The topological polar surface area (TPSA) is 66.4 Å². The van der Waals surface area contributed by atoms with Crippen molar-refractivity contribution < 1.29 is 17.9 Å². The molecule has 1 aromatic carbocycles. The van der Waals surface area contributed by atoms with E-state index >= 15 is 0 Å². The van der Waals surface area contributed by atoms with Crippen LogP contribution in [0.5, 0.6) is 0 Å². The van der Waals surface area contributed by atoms with Crippen molar-refractivity contribution in [2.75, 3.05) is 6.54 Å². The van der Waals surface area contributed by atoms with Crippen LogP contribution in [0.4, 0.5) is 4.39 Å². The Balaban J connectivity index is 2.87. The zero-order valence-corrected chi connectivity index (χ0v) is 12.4. The van der Waals surface area contributed by atoms with E-state index in [1.54, 1.807) is 13.8 Å². The molecule has 18 heavy (non-hydrogen) atoms. The maximum atomic E-state index is 13.5. The predicted molar refractivity (Wildman–Crippen MR) is 70.1 cm³/mol. The van der Waals surface area contributed by atoms with Crippen molar-refractivity contribution >= 4 is 26.0 Å². The van der Waals surface area contributed by atoms with E-state index in [1.807, 2.05) is 0 Å². The maximum Gasteiger partial charge on any atom is 0.243 e. The smallest absolute Gasteiger partial charge is 0.243 e. The third kappa shape index (κ3) is 4.01. The number of aliphatic hydroxyl groups excluding tert-OH is 1. The molecule has 7 heteroatoms. The van der Waals surface area contributed by atoms with Crippen molar-refractivity contribution in [3.8, 4) is 0 Å². The second-order valence-electron chi connectivity index (χ2n) is 4.24. The monoisotopic (exact) mass is 339 g/mol. The van der Waals surface area contributed by atoms with Crippen molar-refractivity contribution in [1.82, 2.24) is 4.72 Å². The van der Waals surface area contributed by atoms with Crippen LogP contribution in [-0.2, 0) is 10.0 Å². The summed E-state index contributed by atoms with van der Waals surface area (Å²) < 4.78 is 39.8. The minimum absolute atomic E-state index is 0.0811. The summed E-state index contributed by atoms with van der Waals surface area (Å²) in [7, 11) is -3.94. The van der Waals surface area contributed by atoms with E-state index in [9.17, 15) is 17.9 Å². The molecule has 0 aromatic heterocycles. The van der Waals surface area contributed by atoms with Gasteiger partial charge in [0.1, 0.15) is 10.7 Å². The summed E-state index contributed by atoms with van der Waals surface area (Å²) in [5, 5.41) is 9.52. The molecular formula is C11H15BrFNO3S. The lowest BCUT2D eigenvalue weighted by Crippen LogP contribution is -2.35. The number of nitrogens with one attached hydrogen (secondary N) is 1. The van der Waals surface area contributed by atoms with E-state index in [2.05, 4.69) is 20.7 Å². The van der Waals surface area contributed by atoms with Gasteiger partial charge in [-0.3, -0.25) is 0 Å². The average Bonchev–Trinajstić information content (AvgIpc) is 2.25. The summed E-state index contributed by atoms with van der Waals surface area (Å²) in [6, 6.07) is 3.69. The van der Waals surface area contributed by atoms with Gasteiger partial charge in [-0.1, -0.05) is 29.8 Å². The third-order valence-electron chi connectivity index (χ3n) is 2.44. The van der Waals surface area contributed by atoms with Gasteiger partial charge in [0.15, 0.2) is 0 Å². The fraction of sp³-hybridized carbons (Fsp3) is 0.455. The first-order valence-corrected chi connectivity index (χ1v) is 7.64. The number of aliphatic hydroxyl groups is 1. The standard InChI is InChI=1S/C11H15BrFNO3S/c1-7(2)10(15)6-14-18(16,17)11-4-3-8(12)5-9(11)13/h3-5,7,10,14-15H,6H2,1-2H3/t10-/m0/s1. The van der Waals surface area contributed by atoms with Gasteiger partial charge in [-0.15, -0.1) is 0 Å². The molecule has 0 amide bonds. The fourth-order valence-electron chi connectivity index (χ4n) is 1.20. The van der Waals surface area contributed by atoms with Crippen LogP contribution < -0.4 is 4.72 Å². The minimum atomic E-state index is -3.94.